The highest BCUT2D eigenvalue weighted by atomic mass is 35.5. The molecule has 0 bridgehead atoms. The predicted molar refractivity (Wildman–Crippen MR) is 94.6 cm³/mol. The molecule has 1 heterocycles. The monoisotopic (exact) mass is 372 g/mol. The SMILES string of the molecule is CC(C)C(=O)N1CCN(C(=O)[C@@H](C)Oc2ccc(Cl)cc2Cl)CC1. The van der Waals surface area contributed by atoms with Crippen LogP contribution in [0, 0.1) is 5.92 Å². The van der Waals surface area contributed by atoms with Crippen molar-refractivity contribution in [1.82, 2.24) is 9.80 Å². The van der Waals surface area contributed by atoms with Crippen molar-refractivity contribution in [3.8, 4) is 5.75 Å². The minimum Gasteiger partial charge on any atom is -0.479 e. The number of amides is 2. The van der Waals surface area contributed by atoms with E-state index in [1.807, 2.05) is 13.8 Å². The van der Waals surface area contributed by atoms with E-state index in [1.54, 1.807) is 34.9 Å². The van der Waals surface area contributed by atoms with E-state index in [0.29, 0.717) is 42.0 Å². The summed E-state index contributed by atoms with van der Waals surface area (Å²) in [6, 6.07) is 4.88. The molecular formula is C17H22Cl2N2O3. The lowest BCUT2D eigenvalue weighted by atomic mass is 10.1. The van der Waals surface area contributed by atoms with Crippen LogP contribution >= 0.6 is 23.2 Å². The van der Waals surface area contributed by atoms with Gasteiger partial charge < -0.3 is 14.5 Å². The molecule has 0 aromatic heterocycles. The second-order valence-corrected chi connectivity index (χ2v) is 6.98. The minimum absolute atomic E-state index is 0.0263. The van der Waals surface area contributed by atoms with Crippen molar-refractivity contribution in [2.75, 3.05) is 26.2 Å². The van der Waals surface area contributed by atoms with E-state index in [2.05, 4.69) is 0 Å². The average molecular weight is 373 g/mol. The molecular weight excluding hydrogens is 351 g/mol. The van der Waals surface area contributed by atoms with Crippen molar-refractivity contribution in [2.45, 2.75) is 26.9 Å². The molecule has 1 atom stereocenters. The van der Waals surface area contributed by atoms with Crippen molar-refractivity contribution in [3.05, 3.63) is 28.2 Å². The third-order valence-corrected chi connectivity index (χ3v) is 4.47. The third kappa shape index (κ3) is 4.54. The standard InChI is InChI=1S/C17H22Cl2N2O3/c1-11(2)16(22)20-6-8-21(9-7-20)17(23)12(3)24-15-5-4-13(18)10-14(15)19/h4-5,10-12H,6-9H2,1-3H3/t12-/m1/s1. The Kier molecular flexibility index (Phi) is 6.35. The number of nitrogens with zero attached hydrogens (tertiary/aromatic N) is 2. The number of halogens is 2. The summed E-state index contributed by atoms with van der Waals surface area (Å²) in [4.78, 5) is 28.0. The van der Waals surface area contributed by atoms with Gasteiger partial charge in [0.2, 0.25) is 5.91 Å². The molecule has 1 aromatic rings. The molecule has 1 fully saturated rings. The van der Waals surface area contributed by atoms with Gasteiger partial charge in [-0.15, -0.1) is 0 Å². The minimum atomic E-state index is -0.656. The third-order valence-electron chi connectivity index (χ3n) is 3.94. The van der Waals surface area contributed by atoms with Crippen LogP contribution in [0.3, 0.4) is 0 Å². The van der Waals surface area contributed by atoms with Gasteiger partial charge in [-0.3, -0.25) is 9.59 Å². The fourth-order valence-electron chi connectivity index (χ4n) is 2.58. The van der Waals surface area contributed by atoms with Crippen molar-refractivity contribution in [1.29, 1.82) is 0 Å². The Bertz CT molecular complexity index is 614. The number of rotatable bonds is 4. The first kappa shape index (κ1) is 18.9. The Morgan fingerprint density at radius 2 is 1.54 bits per heavy atom. The van der Waals surface area contributed by atoms with Crippen LogP contribution in [0.1, 0.15) is 20.8 Å². The summed E-state index contributed by atoms with van der Waals surface area (Å²) >= 11 is 11.9. The zero-order valence-electron chi connectivity index (χ0n) is 14.1. The Morgan fingerprint density at radius 1 is 1.00 bits per heavy atom. The number of carbonyl (C=O) groups is 2. The number of piperazine rings is 1. The topological polar surface area (TPSA) is 49.9 Å². The normalized spacial score (nSPS) is 16.2. The largest absolute Gasteiger partial charge is 0.479 e. The molecule has 1 aliphatic rings. The van der Waals surface area contributed by atoms with Crippen LogP contribution in [0.2, 0.25) is 10.0 Å². The molecule has 2 amide bonds. The Morgan fingerprint density at radius 3 is 2.04 bits per heavy atom. The lowest BCUT2D eigenvalue weighted by Gasteiger charge is -2.36. The van der Waals surface area contributed by atoms with Crippen LogP contribution < -0.4 is 4.74 Å². The van der Waals surface area contributed by atoms with Crippen LogP contribution in [0.5, 0.6) is 5.75 Å². The molecule has 0 unspecified atom stereocenters. The van der Waals surface area contributed by atoms with Gasteiger partial charge in [0.1, 0.15) is 5.75 Å². The quantitative estimate of drug-likeness (QED) is 0.815. The fourth-order valence-corrected chi connectivity index (χ4v) is 3.03. The molecule has 1 saturated heterocycles. The Balaban J connectivity index is 1.91. The van der Waals surface area contributed by atoms with Gasteiger partial charge in [-0.25, -0.2) is 0 Å². The number of carbonyl (C=O) groups excluding carboxylic acids is 2. The summed E-state index contributed by atoms with van der Waals surface area (Å²) in [5.74, 6) is 0.411. The maximum absolute atomic E-state index is 12.5. The highest BCUT2D eigenvalue weighted by Crippen LogP contribution is 2.28. The van der Waals surface area contributed by atoms with E-state index in [4.69, 9.17) is 27.9 Å². The first-order valence-electron chi connectivity index (χ1n) is 7.99. The molecule has 0 spiro atoms. The fraction of sp³-hybridized carbons (Fsp3) is 0.529. The van der Waals surface area contributed by atoms with Gasteiger partial charge in [0.25, 0.3) is 5.91 Å². The first-order valence-corrected chi connectivity index (χ1v) is 8.74. The molecule has 0 N–H and O–H groups in total. The molecule has 0 saturated carbocycles. The number of benzene rings is 1. The second kappa shape index (κ2) is 8.08. The van der Waals surface area contributed by atoms with Crippen LogP contribution in [0.25, 0.3) is 0 Å². The van der Waals surface area contributed by atoms with E-state index in [0.717, 1.165) is 0 Å². The summed E-state index contributed by atoms with van der Waals surface area (Å²) < 4.78 is 5.67. The van der Waals surface area contributed by atoms with Gasteiger partial charge in [0.15, 0.2) is 6.10 Å². The van der Waals surface area contributed by atoms with E-state index in [1.165, 1.54) is 0 Å². The van der Waals surface area contributed by atoms with Crippen LogP contribution in [0.4, 0.5) is 0 Å². The molecule has 0 radical (unpaired) electrons. The first-order chi connectivity index (χ1) is 11.3. The molecule has 2 rings (SSSR count). The maximum atomic E-state index is 12.5. The van der Waals surface area contributed by atoms with Crippen molar-refractivity contribution in [3.63, 3.8) is 0 Å². The summed E-state index contributed by atoms with van der Waals surface area (Å²) in [6.07, 6.45) is -0.656. The zero-order chi connectivity index (χ0) is 17.9. The molecule has 1 aromatic carbocycles. The van der Waals surface area contributed by atoms with Gasteiger partial charge in [0.05, 0.1) is 5.02 Å². The zero-order valence-corrected chi connectivity index (χ0v) is 15.6. The van der Waals surface area contributed by atoms with E-state index in [9.17, 15) is 9.59 Å². The van der Waals surface area contributed by atoms with Gasteiger partial charge >= 0.3 is 0 Å². The highest BCUT2D eigenvalue weighted by Gasteiger charge is 2.28. The lowest BCUT2D eigenvalue weighted by Crippen LogP contribution is -2.53. The Labute approximate surface area is 152 Å². The van der Waals surface area contributed by atoms with Gasteiger partial charge in [-0.2, -0.15) is 0 Å². The van der Waals surface area contributed by atoms with E-state index >= 15 is 0 Å². The second-order valence-electron chi connectivity index (χ2n) is 6.14. The molecule has 5 nitrogen and oxygen atoms in total. The van der Waals surface area contributed by atoms with Crippen molar-refractivity contribution < 1.29 is 14.3 Å². The molecule has 0 aliphatic carbocycles. The van der Waals surface area contributed by atoms with Crippen LogP contribution in [0.15, 0.2) is 18.2 Å². The smallest absolute Gasteiger partial charge is 0.263 e. The van der Waals surface area contributed by atoms with Gasteiger partial charge in [0, 0.05) is 37.1 Å². The molecule has 24 heavy (non-hydrogen) atoms. The molecule has 132 valence electrons. The number of hydrogen-bond acceptors (Lipinski definition) is 3. The summed E-state index contributed by atoms with van der Waals surface area (Å²) in [7, 11) is 0. The Hall–Kier alpha value is -1.46. The summed E-state index contributed by atoms with van der Waals surface area (Å²) in [5, 5.41) is 0.881. The van der Waals surface area contributed by atoms with Crippen LogP contribution in [-0.2, 0) is 9.59 Å². The van der Waals surface area contributed by atoms with Crippen molar-refractivity contribution >= 4 is 35.0 Å². The number of hydrogen-bond donors (Lipinski definition) is 0. The van der Waals surface area contributed by atoms with Crippen LogP contribution in [-0.4, -0.2) is 53.9 Å². The number of ether oxygens (including phenoxy) is 1. The molecule has 1 aliphatic heterocycles. The lowest BCUT2D eigenvalue weighted by molar-refractivity contribution is -0.144. The average Bonchev–Trinajstić information content (AvgIpc) is 2.56. The molecule has 7 heteroatoms. The maximum Gasteiger partial charge on any atom is 0.263 e. The van der Waals surface area contributed by atoms with Gasteiger partial charge in [-0.1, -0.05) is 37.0 Å². The van der Waals surface area contributed by atoms with E-state index < -0.39 is 6.10 Å². The van der Waals surface area contributed by atoms with Gasteiger partial charge in [-0.05, 0) is 25.1 Å². The summed E-state index contributed by atoms with van der Waals surface area (Å²) in [6.45, 7) is 7.59. The van der Waals surface area contributed by atoms with E-state index in [-0.39, 0.29) is 17.7 Å². The van der Waals surface area contributed by atoms with Crippen molar-refractivity contribution in [2.24, 2.45) is 5.92 Å². The summed E-state index contributed by atoms with van der Waals surface area (Å²) in [5.41, 5.74) is 0. The predicted octanol–water partition coefficient (Wildman–Crippen LogP) is 3.09. The highest BCUT2D eigenvalue weighted by molar-refractivity contribution is 6.35.